The molecule has 0 spiro atoms. The van der Waals surface area contributed by atoms with Crippen molar-refractivity contribution in [1.29, 1.82) is 0 Å². The van der Waals surface area contributed by atoms with Crippen molar-refractivity contribution in [2.45, 2.75) is 0 Å². The summed E-state index contributed by atoms with van der Waals surface area (Å²) in [6.07, 6.45) is 0. The molecule has 0 bridgehead atoms. The molecule has 0 unspecified atom stereocenters. The van der Waals surface area contributed by atoms with Crippen molar-refractivity contribution in [3.63, 3.8) is 0 Å². The number of aromatic hydroxyl groups is 1. The van der Waals surface area contributed by atoms with Crippen LogP contribution in [0.25, 0.3) is 10.9 Å². The minimum Gasteiger partial charge on any atom is -0.506 e. The molecule has 1 amide bonds. The lowest BCUT2D eigenvalue weighted by Crippen LogP contribution is -2.14. The van der Waals surface area contributed by atoms with Gasteiger partial charge in [-0.3, -0.25) is 4.79 Å². The number of rotatable bonds is 5. The Kier molecular flexibility index (Phi) is 4.79. The number of para-hydroxylation sites is 1. The van der Waals surface area contributed by atoms with Crippen LogP contribution in [0, 0.1) is 0 Å². The number of carbonyl (C=O) groups is 1. The van der Waals surface area contributed by atoms with Crippen molar-refractivity contribution >= 4 is 22.5 Å². The van der Waals surface area contributed by atoms with E-state index in [4.69, 9.17) is 14.2 Å². The fourth-order valence-corrected chi connectivity index (χ4v) is 2.61. The second kappa shape index (κ2) is 7.18. The topological polar surface area (TPSA) is 89.9 Å². The number of carbonyl (C=O) groups excluding carboxylic acids is 1. The van der Waals surface area contributed by atoms with Crippen molar-refractivity contribution in [2.75, 3.05) is 26.6 Å². The van der Waals surface area contributed by atoms with E-state index in [0.29, 0.717) is 28.5 Å². The van der Waals surface area contributed by atoms with Crippen LogP contribution in [0.1, 0.15) is 10.5 Å². The van der Waals surface area contributed by atoms with Gasteiger partial charge in [0.05, 0.1) is 21.3 Å². The number of nitrogens with one attached hydrogen (secondary N) is 1. The summed E-state index contributed by atoms with van der Waals surface area (Å²) in [7, 11) is 4.50. The first-order chi connectivity index (χ1) is 12.6. The minimum atomic E-state index is -0.426. The molecule has 0 fully saturated rings. The third kappa shape index (κ3) is 3.19. The van der Waals surface area contributed by atoms with Crippen LogP contribution in [0.5, 0.6) is 23.0 Å². The molecule has 2 N–H and O–H groups in total. The predicted octanol–water partition coefficient (Wildman–Crippen LogP) is 3.22. The normalized spacial score (nSPS) is 10.4. The van der Waals surface area contributed by atoms with Crippen LogP contribution >= 0.6 is 0 Å². The van der Waals surface area contributed by atoms with E-state index in [1.807, 2.05) is 6.07 Å². The Morgan fingerprint density at radius 2 is 1.69 bits per heavy atom. The maximum Gasteiger partial charge on any atom is 0.274 e. The number of phenolic OH excluding ortho intramolecular Hbond substituents is 1. The van der Waals surface area contributed by atoms with Gasteiger partial charge in [0, 0.05) is 23.2 Å². The van der Waals surface area contributed by atoms with E-state index in [9.17, 15) is 9.90 Å². The van der Waals surface area contributed by atoms with Gasteiger partial charge in [-0.1, -0.05) is 18.2 Å². The first kappa shape index (κ1) is 17.3. The molecule has 0 saturated heterocycles. The lowest BCUT2D eigenvalue weighted by Gasteiger charge is -2.14. The number of amides is 1. The molecule has 7 nitrogen and oxygen atoms in total. The van der Waals surface area contributed by atoms with Crippen molar-refractivity contribution in [1.82, 2.24) is 4.98 Å². The van der Waals surface area contributed by atoms with Crippen molar-refractivity contribution in [3.05, 3.63) is 48.2 Å². The second-order valence-corrected chi connectivity index (χ2v) is 5.41. The third-order valence-corrected chi connectivity index (χ3v) is 3.85. The number of nitrogens with zero attached hydrogens (tertiary/aromatic N) is 1. The number of pyridine rings is 1. The molecule has 0 atom stereocenters. The molecule has 0 aliphatic rings. The van der Waals surface area contributed by atoms with Gasteiger partial charge >= 0.3 is 0 Å². The zero-order valence-corrected chi connectivity index (χ0v) is 14.6. The number of hydrogen-bond donors (Lipinski definition) is 2. The SMILES string of the molecule is COc1cc(NC(=O)c2ccc3cccc(O)c3n2)cc(OC)c1OC. The summed E-state index contributed by atoms with van der Waals surface area (Å²) in [6.45, 7) is 0. The molecule has 1 aromatic heterocycles. The van der Waals surface area contributed by atoms with Gasteiger partial charge in [-0.05, 0) is 12.1 Å². The molecular weight excluding hydrogens is 336 g/mol. The lowest BCUT2D eigenvalue weighted by molar-refractivity contribution is 0.102. The third-order valence-electron chi connectivity index (χ3n) is 3.85. The Bertz CT molecular complexity index is 946. The highest BCUT2D eigenvalue weighted by Gasteiger charge is 2.16. The average Bonchev–Trinajstić information content (AvgIpc) is 2.67. The molecule has 0 saturated carbocycles. The fourth-order valence-electron chi connectivity index (χ4n) is 2.61. The van der Waals surface area contributed by atoms with Crippen LogP contribution in [0.15, 0.2) is 42.5 Å². The molecular formula is C19H18N2O5. The number of hydrogen-bond acceptors (Lipinski definition) is 6. The Hall–Kier alpha value is -3.48. The van der Waals surface area contributed by atoms with Gasteiger partial charge in [0.2, 0.25) is 5.75 Å². The van der Waals surface area contributed by atoms with Gasteiger partial charge in [-0.15, -0.1) is 0 Å². The first-order valence-electron chi connectivity index (χ1n) is 7.77. The molecule has 134 valence electrons. The summed E-state index contributed by atoms with van der Waals surface area (Å²) in [5.74, 6) is 0.869. The molecule has 3 aromatic rings. The van der Waals surface area contributed by atoms with Crippen molar-refractivity contribution in [3.8, 4) is 23.0 Å². The predicted molar refractivity (Wildman–Crippen MR) is 97.5 cm³/mol. The lowest BCUT2D eigenvalue weighted by atomic mass is 10.2. The quantitative estimate of drug-likeness (QED) is 0.731. The number of benzene rings is 2. The van der Waals surface area contributed by atoms with E-state index in [-0.39, 0.29) is 11.4 Å². The molecule has 26 heavy (non-hydrogen) atoms. The van der Waals surface area contributed by atoms with E-state index in [2.05, 4.69) is 10.3 Å². The minimum absolute atomic E-state index is 0.0185. The Morgan fingerprint density at radius 3 is 2.31 bits per heavy atom. The fraction of sp³-hybridized carbons (Fsp3) is 0.158. The largest absolute Gasteiger partial charge is 0.506 e. The van der Waals surface area contributed by atoms with Gasteiger partial charge in [0.25, 0.3) is 5.91 Å². The number of aromatic nitrogens is 1. The zero-order chi connectivity index (χ0) is 18.7. The highest BCUT2D eigenvalue weighted by molar-refractivity contribution is 6.04. The zero-order valence-electron chi connectivity index (χ0n) is 14.6. The maximum absolute atomic E-state index is 12.6. The monoisotopic (exact) mass is 354 g/mol. The number of methoxy groups -OCH3 is 3. The highest BCUT2D eigenvalue weighted by atomic mass is 16.5. The highest BCUT2D eigenvalue weighted by Crippen LogP contribution is 2.40. The van der Waals surface area contributed by atoms with Crippen LogP contribution in [-0.4, -0.2) is 37.3 Å². The molecule has 2 aromatic carbocycles. The maximum atomic E-state index is 12.6. The van der Waals surface area contributed by atoms with Crippen LogP contribution in [0.2, 0.25) is 0 Å². The summed E-state index contributed by atoms with van der Waals surface area (Å²) in [4.78, 5) is 16.8. The van der Waals surface area contributed by atoms with Crippen LogP contribution in [0.3, 0.4) is 0 Å². The van der Waals surface area contributed by atoms with Gasteiger partial charge in [0.15, 0.2) is 11.5 Å². The van der Waals surface area contributed by atoms with Gasteiger partial charge in [-0.2, -0.15) is 0 Å². The van der Waals surface area contributed by atoms with Crippen LogP contribution in [-0.2, 0) is 0 Å². The second-order valence-electron chi connectivity index (χ2n) is 5.41. The molecule has 7 heteroatoms. The van der Waals surface area contributed by atoms with Gasteiger partial charge in [0.1, 0.15) is 17.0 Å². The standard InChI is InChI=1S/C19H18N2O5/c1-24-15-9-12(10-16(25-2)18(15)26-3)20-19(23)13-8-7-11-5-4-6-14(22)17(11)21-13/h4-10,22H,1-3H3,(H,20,23). The number of fused-ring (bicyclic) bond motifs is 1. The Morgan fingerprint density at radius 1 is 1.00 bits per heavy atom. The van der Waals surface area contributed by atoms with E-state index >= 15 is 0 Å². The Labute approximate surface area is 150 Å². The van der Waals surface area contributed by atoms with Crippen molar-refractivity contribution in [2.24, 2.45) is 0 Å². The number of ether oxygens (including phenoxy) is 3. The van der Waals surface area contributed by atoms with E-state index in [0.717, 1.165) is 5.39 Å². The summed E-state index contributed by atoms with van der Waals surface area (Å²) in [5, 5.41) is 13.4. The number of phenols is 1. The van der Waals surface area contributed by atoms with Gasteiger partial charge in [-0.25, -0.2) is 4.98 Å². The molecule has 3 rings (SSSR count). The Balaban J connectivity index is 1.94. The van der Waals surface area contributed by atoms with Crippen molar-refractivity contribution < 1.29 is 24.1 Å². The molecule has 0 radical (unpaired) electrons. The molecule has 0 aliphatic heterocycles. The number of anilines is 1. The first-order valence-corrected chi connectivity index (χ1v) is 7.77. The smallest absolute Gasteiger partial charge is 0.274 e. The molecule has 1 heterocycles. The average molecular weight is 354 g/mol. The van der Waals surface area contributed by atoms with E-state index < -0.39 is 5.91 Å². The summed E-state index contributed by atoms with van der Waals surface area (Å²) < 4.78 is 15.8. The van der Waals surface area contributed by atoms with Gasteiger partial charge < -0.3 is 24.6 Å². The molecule has 0 aliphatic carbocycles. The van der Waals surface area contributed by atoms with Crippen LogP contribution in [0.4, 0.5) is 5.69 Å². The summed E-state index contributed by atoms with van der Waals surface area (Å²) in [5.41, 5.74) is 1.00. The van der Waals surface area contributed by atoms with E-state index in [1.54, 1.807) is 30.3 Å². The summed E-state index contributed by atoms with van der Waals surface area (Å²) in [6, 6.07) is 11.6. The van der Waals surface area contributed by atoms with E-state index in [1.165, 1.54) is 27.4 Å². The van der Waals surface area contributed by atoms with Crippen LogP contribution < -0.4 is 19.5 Å². The summed E-state index contributed by atoms with van der Waals surface area (Å²) >= 11 is 0.